The van der Waals surface area contributed by atoms with Gasteiger partial charge in [-0.15, -0.1) is 0 Å². The van der Waals surface area contributed by atoms with Gasteiger partial charge in [-0.25, -0.2) is 18.1 Å². The molecule has 8 nitrogen and oxygen atoms in total. The zero-order valence-corrected chi connectivity index (χ0v) is 17.3. The fraction of sp³-hybridized carbons (Fsp3) is 0.632. The third kappa shape index (κ3) is 3.41. The first kappa shape index (κ1) is 19.3. The Labute approximate surface area is 164 Å². The molecule has 1 aliphatic carbocycles. The minimum Gasteiger partial charge on any atom is -0.338 e. The Balaban J connectivity index is 1.57. The lowest BCUT2D eigenvalue weighted by Gasteiger charge is -2.38. The second-order valence-corrected chi connectivity index (χ2v) is 9.90. The van der Waals surface area contributed by atoms with Gasteiger partial charge in [0.05, 0.1) is 22.4 Å². The lowest BCUT2D eigenvalue weighted by molar-refractivity contribution is 0.0629. The normalized spacial score (nSPS) is 24.8. The fourth-order valence-electron chi connectivity index (χ4n) is 4.67. The molecule has 4 rings (SSSR count). The van der Waals surface area contributed by atoms with Crippen molar-refractivity contribution in [3.63, 3.8) is 0 Å². The second-order valence-electron chi connectivity index (χ2n) is 8.03. The Morgan fingerprint density at radius 3 is 2.61 bits per heavy atom. The predicted octanol–water partition coefficient (Wildman–Crippen LogP) is 2.02. The smallest absolute Gasteiger partial charge is 0.258 e. The van der Waals surface area contributed by atoms with E-state index in [1.165, 1.54) is 0 Å². The van der Waals surface area contributed by atoms with Crippen LogP contribution in [0.4, 0.5) is 0 Å². The van der Waals surface area contributed by atoms with E-state index >= 15 is 0 Å². The molecule has 9 heteroatoms. The number of carbonyl (C=O) groups is 1. The lowest BCUT2D eigenvalue weighted by Crippen LogP contribution is -2.54. The highest BCUT2D eigenvalue weighted by Crippen LogP contribution is 2.38. The Morgan fingerprint density at radius 2 is 1.96 bits per heavy atom. The highest BCUT2D eigenvalue weighted by atomic mass is 32.2. The van der Waals surface area contributed by atoms with Crippen molar-refractivity contribution >= 4 is 27.0 Å². The third-order valence-electron chi connectivity index (χ3n) is 5.89. The largest absolute Gasteiger partial charge is 0.338 e. The summed E-state index contributed by atoms with van der Waals surface area (Å²) in [6.07, 6.45) is 2.47. The SMILES string of the molecule is CCCS(=O)(=O)NC1C2CCC1CN(C(=O)c1cc(C)nc3onc(C)c13)C2. The van der Waals surface area contributed by atoms with Gasteiger partial charge in [0.1, 0.15) is 0 Å². The number of pyridine rings is 1. The Bertz CT molecular complexity index is 1000. The van der Waals surface area contributed by atoms with E-state index in [9.17, 15) is 13.2 Å². The number of fused-ring (bicyclic) bond motifs is 3. The summed E-state index contributed by atoms with van der Waals surface area (Å²) in [6, 6.07) is 1.71. The maximum absolute atomic E-state index is 13.3. The van der Waals surface area contributed by atoms with Gasteiger partial charge in [0.15, 0.2) is 0 Å². The topological polar surface area (TPSA) is 105 Å². The van der Waals surface area contributed by atoms with Gasteiger partial charge < -0.3 is 9.42 Å². The van der Waals surface area contributed by atoms with Crippen molar-refractivity contribution < 1.29 is 17.7 Å². The number of amides is 1. The van der Waals surface area contributed by atoms with Crippen LogP contribution in [0.2, 0.25) is 0 Å². The van der Waals surface area contributed by atoms with Crippen molar-refractivity contribution in [2.75, 3.05) is 18.8 Å². The number of sulfonamides is 1. The number of nitrogens with one attached hydrogen (secondary N) is 1. The van der Waals surface area contributed by atoms with E-state index in [-0.39, 0.29) is 29.5 Å². The molecule has 3 heterocycles. The highest BCUT2D eigenvalue weighted by molar-refractivity contribution is 7.89. The molecule has 1 aliphatic heterocycles. The molecule has 2 aromatic heterocycles. The van der Waals surface area contributed by atoms with Gasteiger partial charge in [-0.3, -0.25) is 4.79 Å². The first-order chi connectivity index (χ1) is 13.3. The molecule has 0 aromatic carbocycles. The van der Waals surface area contributed by atoms with Crippen molar-refractivity contribution in [1.29, 1.82) is 0 Å². The number of likely N-dealkylation sites (tertiary alicyclic amines) is 1. The molecule has 0 spiro atoms. The minimum absolute atomic E-state index is 0.0615. The maximum Gasteiger partial charge on any atom is 0.258 e. The summed E-state index contributed by atoms with van der Waals surface area (Å²) in [4.78, 5) is 19.5. The standard InChI is InChI=1S/C19H26N4O4S/c1-4-7-28(25,26)22-17-13-5-6-14(17)10-23(9-13)19(24)15-8-11(2)20-18-16(15)12(3)21-27-18/h8,13-14,17,22H,4-7,9-10H2,1-3H3. The molecule has 2 atom stereocenters. The van der Waals surface area contributed by atoms with Gasteiger partial charge in [0, 0.05) is 24.8 Å². The van der Waals surface area contributed by atoms with Crippen LogP contribution in [-0.2, 0) is 10.0 Å². The van der Waals surface area contributed by atoms with Gasteiger partial charge in [0.2, 0.25) is 10.0 Å². The van der Waals surface area contributed by atoms with Crippen LogP contribution in [0.1, 0.15) is 47.9 Å². The van der Waals surface area contributed by atoms with Crippen LogP contribution in [0.5, 0.6) is 0 Å². The zero-order valence-electron chi connectivity index (χ0n) is 16.4. The van der Waals surface area contributed by atoms with Gasteiger partial charge in [-0.2, -0.15) is 0 Å². The van der Waals surface area contributed by atoms with Crippen LogP contribution < -0.4 is 4.72 Å². The van der Waals surface area contributed by atoms with Crippen molar-refractivity contribution in [1.82, 2.24) is 19.8 Å². The quantitative estimate of drug-likeness (QED) is 0.814. The number of hydrogen-bond donors (Lipinski definition) is 1. The minimum atomic E-state index is -3.26. The molecule has 1 amide bonds. The zero-order chi connectivity index (χ0) is 20.1. The summed E-state index contributed by atoms with van der Waals surface area (Å²) < 4.78 is 32.6. The summed E-state index contributed by atoms with van der Waals surface area (Å²) >= 11 is 0. The van der Waals surface area contributed by atoms with E-state index in [0.29, 0.717) is 47.6 Å². The first-order valence-electron chi connectivity index (χ1n) is 9.82. The van der Waals surface area contributed by atoms with Gasteiger partial charge >= 0.3 is 0 Å². The molecule has 2 aliphatic rings. The first-order valence-corrected chi connectivity index (χ1v) is 11.5. The summed E-state index contributed by atoms with van der Waals surface area (Å²) in [7, 11) is -3.26. The summed E-state index contributed by atoms with van der Waals surface area (Å²) in [5, 5.41) is 4.61. The maximum atomic E-state index is 13.3. The molecule has 1 saturated heterocycles. The average Bonchev–Trinajstić information content (AvgIpc) is 3.08. The van der Waals surface area contributed by atoms with Crippen LogP contribution in [0.15, 0.2) is 10.6 Å². The van der Waals surface area contributed by atoms with Gasteiger partial charge in [-0.1, -0.05) is 12.1 Å². The number of nitrogens with zero attached hydrogens (tertiary/aromatic N) is 3. The van der Waals surface area contributed by atoms with E-state index < -0.39 is 10.0 Å². The molecular weight excluding hydrogens is 380 g/mol. The van der Waals surface area contributed by atoms with E-state index in [2.05, 4.69) is 14.9 Å². The van der Waals surface area contributed by atoms with Crippen molar-refractivity contribution in [3.8, 4) is 0 Å². The molecule has 28 heavy (non-hydrogen) atoms. The van der Waals surface area contributed by atoms with Crippen LogP contribution in [0, 0.1) is 25.7 Å². The monoisotopic (exact) mass is 406 g/mol. The van der Waals surface area contributed by atoms with E-state index in [4.69, 9.17) is 4.52 Å². The van der Waals surface area contributed by atoms with Crippen LogP contribution >= 0.6 is 0 Å². The number of rotatable bonds is 5. The molecular formula is C19H26N4O4S. The molecule has 2 fully saturated rings. The predicted molar refractivity (Wildman–Crippen MR) is 104 cm³/mol. The average molecular weight is 407 g/mol. The lowest BCUT2D eigenvalue weighted by atomic mass is 9.92. The van der Waals surface area contributed by atoms with E-state index in [0.717, 1.165) is 12.8 Å². The number of aryl methyl sites for hydroxylation is 2. The van der Waals surface area contributed by atoms with Crippen molar-refractivity contribution in [2.24, 2.45) is 11.8 Å². The Hall–Kier alpha value is -2.00. The third-order valence-corrected chi connectivity index (χ3v) is 7.46. The highest BCUT2D eigenvalue weighted by Gasteiger charge is 2.45. The summed E-state index contributed by atoms with van der Waals surface area (Å²) in [5.74, 6) is 0.383. The number of carbonyl (C=O) groups excluding carboxylic acids is 1. The molecule has 2 unspecified atom stereocenters. The molecule has 0 radical (unpaired) electrons. The van der Waals surface area contributed by atoms with Gasteiger partial charge in [-0.05, 0) is 51.0 Å². The van der Waals surface area contributed by atoms with Crippen molar-refractivity contribution in [3.05, 3.63) is 23.0 Å². The molecule has 1 saturated carbocycles. The molecule has 2 aromatic rings. The number of piperidine rings is 1. The molecule has 1 N–H and O–H groups in total. The summed E-state index contributed by atoms with van der Waals surface area (Å²) in [5.41, 5.74) is 2.30. The summed E-state index contributed by atoms with van der Waals surface area (Å²) in [6.45, 7) is 6.60. The van der Waals surface area contributed by atoms with Crippen molar-refractivity contribution in [2.45, 2.75) is 46.1 Å². The second kappa shape index (κ2) is 7.11. The van der Waals surface area contributed by atoms with Crippen LogP contribution in [-0.4, -0.2) is 54.2 Å². The van der Waals surface area contributed by atoms with Crippen LogP contribution in [0.3, 0.4) is 0 Å². The van der Waals surface area contributed by atoms with Crippen LogP contribution in [0.25, 0.3) is 11.1 Å². The Kier molecular flexibility index (Phi) is 4.91. The molecule has 152 valence electrons. The molecule has 2 bridgehead atoms. The van der Waals surface area contributed by atoms with E-state index in [1.54, 1.807) is 13.0 Å². The number of aromatic nitrogens is 2. The Morgan fingerprint density at radius 1 is 1.29 bits per heavy atom. The number of hydrogen-bond acceptors (Lipinski definition) is 6. The van der Waals surface area contributed by atoms with E-state index in [1.807, 2.05) is 18.7 Å². The van der Waals surface area contributed by atoms with Gasteiger partial charge in [0.25, 0.3) is 11.6 Å². The fourth-order valence-corrected chi connectivity index (χ4v) is 6.13.